The van der Waals surface area contributed by atoms with Crippen molar-refractivity contribution in [3.8, 4) is 17.1 Å². The van der Waals surface area contributed by atoms with Crippen molar-refractivity contribution < 1.29 is 23.5 Å². The van der Waals surface area contributed by atoms with Gasteiger partial charge in [0.2, 0.25) is 11.2 Å². The number of hydrogen-bond acceptors (Lipinski definition) is 6. The second-order valence-corrected chi connectivity index (χ2v) is 8.55. The molecule has 1 heterocycles. The average Bonchev–Trinajstić information content (AvgIpc) is 2.85. The third-order valence-electron chi connectivity index (χ3n) is 5.62. The molecular formula is C29H27NO6. The summed E-state index contributed by atoms with van der Waals surface area (Å²) in [5, 5.41) is 3.10. The Hall–Kier alpha value is -4.39. The highest BCUT2D eigenvalue weighted by Crippen LogP contribution is 2.32. The largest absolute Gasteiger partial charge is 0.476 e. The van der Waals surface area contributed by atoms with Crippen LogP contribution < -0.4 is 15.5 Å². The van der Waals surface area contributed by atoms with Crippen LogP contribution in [0.25, 0.3) is 22.3 Å². The van der Waals surface area contributed by atoms with E-state index in [4.69, 9.17) is 13.9 Å². The number of ether oxygens (including phenoxy) is 2. The molecule has 0 spiro atoms. The summed E-state index contributed by atoms with van der Waals surface area (Å²) in [7, 11) is 0. The Balaban J connectivity index is 1.61. The quantitative estimate of drug-likeness (QED) is 0.344. The SMILES string of the molecule is CCOC(=O)c1ccc(NC(=O)COc2c(-c3ccc(C)cc3)oc3c(C)cc(C)cc3c2=O)cc1. The number of carbonyl (C=O) groups is 2. The fourth-order valence-electron chi connectivity index (χ4n) is 3.90. The smallest absolute Gasteiger partial charge is 0.338 e. The molecule has 0 fully saturated rings. The first-order chi connectivity index (χ1) is 17.3. The fourth-order valence-corrected chi connectivity index (χ4v) is 3.90. The zero-order valence-corrected chi connectivity index (χ0v) is 20.6. The average molecular weight is 486 g/mol. The molecule has 0 saturated carbocycles. The van der Waals surface area contributed by atoms with Crippen LogP contribution in [0.5, 0.6) is 5.75 Å². The van der Waals surface area contributed by atoms with Gasteiger partial charge in [-0.25, -0.2) is 4.79 Å². The van der Waals surface area contributed by atoms with Gasteiger partial charge in [0.15, 0.2) is 12.4 Å². The van der Waals surface area contributed by atoms with Gasteiger partial charge in [-0.2, -0.15) is 0 Å². The Morgan fingerprint density at radius 2 is 1.61 bits per heavy atom. The molecule has 0 radical (unpaired) electrons. The Morgan fingerprint density at radius 3 is 2.28 bits per heavy atom. The molecule has 0 aliphatic heterocycles. The van der Waals surface area contributed by atoms with Crippen molar-refractivity contribution in [2.45, 2.75) is 27.7 Å². The summed E-state index contributed by atoms with van der Waals surface area (Å²) in [6.07, 6.45) is 0. The third kappa shape index (κ3) is 5.30. The Kier molecular flexibility index (Phi) is 7.20. The first-order valence-corrected chi connectivity index (χ1v) is 11.6. The topological polar surface area (TPSA) is 94.8 Å². The van der Waals surface area contributed by atoms with Crippen LogP contribution in [0.4, 0.5) is 5.69 Å². The van der Waals surface area contributed by atoms with Gasteiger partial charge in [-0.05, 0) is 69.2 Å². The molecule has 1 N–H and O–H groups in total. The second kappa shape index (κ2) is 10.5. The molecule has 1 aromatic heterocycles. The van der Waals surface area contributed by atoms with Gasteiger partial charge in [0.1, 0.15) is 5.58 Å². The van der Waals surface area contributed by atoms with Crippen molar-refractivity contribution in [3.05, 3.63) is 93.1 Å². The minimum absolute atomic E-state index is 0.0239. The van der Waals surface area contributed by atoms with E-state index in [1.807, 2.05) is 51.1 Å². The molecule has 7 heteroatoms. The predicted molar refractivity (Wildman–Crippen MR) is 139 cm³/mol. The number of rotatable bonds is 7. The third-order valence-corrected chi connectivity index (χ3v) is 5.62. The molecule has 1 amide bonds. The van der Waals surface area contributed by atoms with Crippen LogP contribution in [0.1, 0.15) is 34.0 Å². The number of anilines is 1. The van der Waals surface area contributed by atoms with E-state index in [0.717, 1.165) is 16.7 Å². The lowest BCUT2D eigenvalue weighted by molar-refractivity contribution is -0.118. The molecule has 0 aliphatic carbocycles. The maximum atomic E-state index is 13.5. The molecule has 0 atom stereocenters. The van der Waals surface area contributed by atoms with Crippen molar-refractivity contribution >= 4 is 28.5 Å². The van der Waals surface area contributed by atoms with E-state index in [1.54, 1.807) is 37.3 Å². The summed E-state index contributed by atoms with van der Waals surface area (Å²) < 4.78 is 16.9. The maximum absolute atomic E-state index is 13.5. The molecule has 36 heavy (non-hydrogen) atoms. The Labute approximate surface area is 208 Å². The Bertz CT molecular complexity index is 1480. The first kappa shape index (κ1) is 24.7. The molecule has 0 saturated heterocycles. The van der Waals surface area contributed by atoms with E-state index in [1.165, 1.54) is 0 Å². The number of benzene rings is 3. The second-order valence-electron chi connectivity index (χ2n) is 8.55. The zero-order chi connectivity index (χ0) is 25.8. The number of fused-ring (bicyclic) bond motifs is 1. The van der Waals surface area contributed by atoms with Crippen molar-refractivity contribution in [2.75, 3.05) is 18.5 Å². The van der Waals surface area contributed by atoms with Gasteiger partial charge in [0.25, 0.3) is 5.91 Å². The minimum atomic E-state index is -0.464. The molecule has 4 aromatic rings. The molecule has 4 rings (SSSR count). The van der Waals surface area contributed by atoms with E-state index in [0.29, 0.717) is 27.8 Å². The molecule has 0 unspecified atom stereocenters. The summed E-state index contributed by atoms with van der Waals surface area (Å²) in [6.45, 7) is 7.36. The van der Waals surface area contributed by atoms with Crippen molar-refractivity contribution in [1.82, 2.24) is 0 Å². The van der Waals surface area contributed by atoms with Crippen molar-refractivity contribution in [2.24, 2.45) is 0 Å². The molecule has 3 aromatic carbocycles. The van der Waals surface area contributed by atoms with E-state index in [9.17, 15) is 14.4 Å². The number of nitrogens with one attached hydrogen (secondary N) is 1. The van der Waals surface area contributed by atoms with E-state index in [-0.39, 0.29) is 23.5 Å². The Morgan fingerprint density at radius 1 is 0.917 bits per heavy atom. The predicted octanol–water partition coefficient (Wildman–Crippen LogP) is 5.58. The van der Waals surface area contributed by atoms with Crippen LogP contribution in [-0.4, -0.2) is 25.1 Å². The molecule has 0 bridgehead atoms. The summed E-state index contributed by atoms with van der Waals surface area (Å²) in [4.78, 5) is 37.9. The standard InChI is InChI=1S/C29H27NO6/c1-5-34-29(33)21-10-12-22(13-11-21)30-24(31)16-35-28-25(32)23-15-18(3)14-19(4)26(23)36-27(28)20-8-6-17(2)7-9-20/h6-15H,5,16H2,1-4H3,(H,30,31). The lowest BCUT2D eigenvalue weighted by Gasteiger charge is -2.13. The van der Waals surface area contributed by atoms with Crippen molar-refractivity contribution in [3.63, 3.8) is 0 Å². The van der Waals surface area contributed by atoms with Gasteiger partial charge < -0.3 is 19.2 Å². The molecule has 7 nitrogen and oxygen atoms in total. The van der Waals surface area contributed by atoms with Crippen LogP contribution in [-0.2, 0) is 9.53 Å². The van der Waals surface area contributed by atoms with Gasteiger partial charge in [0, 0.05) is 11.3 Å². The normalized spacial score (nSPS) is 10.8. The molecule has 184 valence electrons. The number of carbonyl (C=O) groups excluding carboxylic acids is 2. The summed E-state index contributed by atoms with van der Waals surface area (Å²) in [5.74, 6) is -0.653. The monoisotopic (exact) mass is 485 g/mol. The number of aryl methyl sites for hydroxylation is 3. The summed E-state index contributed by atoms with van der Waals surface area (Å²) in [5.41, 5.74) is 4.50. The number of esters is 1. The molecule has 0 aliphatic rings. The first-order valence-electron chi connectivity index (χ1n) is 11.6. The lowest BCUT2D eigenvalue weighted by atomic mass is 10.0. The van der Waals surface area contributed by atoms with Gasteiger partial charge in [-0.15, -0.1) is 0 Å². The maximum Gasteiger partial charge on any atom is 0.338 e. The van der Waals surface area contributed by atoms with Gasteiger partial charge in [0.05, 0.1) is 17.6 Å². The lowest BCUT2D eigenvalue weighted by Crippen LogP contribution is -2.22. The zero-order valence-electron chi connectivity index (χ0n) is 20.6. The van der Waals surface area contributed by atoms with Crippen molar-refractivity contribution in [1.29, 1.82) is 0 Å². The van der Waals surface area contributed by atoms with E-state index in [2.05, 4.69) is 5.32 Å². The minimum Gasteiger partial charge on any atom is -0.476 e. The van der Waals surface area contributed by atoms with Crippen LogP contribution >= 0.6 is 0 Å². The highest BCUT2D eigenvalue weighted by Gasteiger charge is 2.20. The fraction of sp³-hybridized carbons (Fsp3) is 0.207. The van der Waals surface area contributed by atoms with Crippen LogP contribution in [0.15, 0.2) is 69.9 Å². The van der Waals surface area contributed by atoms with Crippen LogP contribution in [0, 0.1) is 20.8 Å². The van der Waals surface area contributed by atoms with Gasteiger partial charge in [-0.1, -0.05) is 35.9 Å². The van der Waals surface area contributed by atoms with E-state index >= 15 is 0 Å². The summed E-state index contributed by atoms with van der Waals surface area (Å²) in [6, 6.07) is 17.5. The number of amides is 1. The van der Waals surface area contributed by atoms with Crippen LogP contribution in [0.3, 0.4) is 0 Å². The van der Waals surface area contributed by atoms with Gasteiger partial charge in [-0.3, -0.25) is 9.59 Å². The highest BCUT2D eigenvalue weighted by atomic mass is 16.5. The number of hydrogen-bond donors (Lipinski definition) is 1. The van der Waals surface area contributed by atoms with Crippen LogP contribution in [0.2, 0.25) is 0 Å². The molecular weight excluding hydrogens is 458 g/mol. The summed E-state index contributed by atoms with van der Waals surface area (Å²) >= 11 is 0. The van der Waals surface area contributed by atoms with Gasteiger partial charge >= 0.3 is 5.97 Å². The van der Waals surface area contributed by atoms with E-state index < -0.39 is 18.5 Å². The highest BCUT2D eigenvalue weighted by molar-refractivity contribution is 5.94.